The summed E-state index contributed by atoms with van der Waals surface area (Å²) in [6.07, 6.45) is -11.0. The van der Waals surface area contributed by atoms with Crippen LogP contribution in [0.1, 0.15) is 39.7 Å². The average molecular weight is 485 g/mol. The second kappa shape index (κ2) is 9.49. The van der Waals surface area contributed by atoms with E-state index in [2.05, 4.69) is 10.4 Å². The molecule has 2 aromatic carbocycles. The molecule has 1 amide bonds. The Balaban J connectivity index is 1.73. The summed E-state index contributed by atoms with van der Waals surface area (Å²) in [4.78, 5) is 12.4. The first-order valence-electron chi connectivity index (χ1n) is 10.1. The highest BCUT2D eigenvalue weighted by molar-refractivity contribution is 5.79. The van der Waals surface area contributed by atoms with Gasteiger partial charge in [-0.1, -0.05) is 24.3 Å². The van der Waals surface area contributed by atoms with Crippen LogP contribution in [0.4, 0.5) is 26.3 Å². The van der Waals surface area contributed by atoms with Crippen LogP contribution >= 0.6 is 0 Å². The fourth-order valence-corrected chi connectivity index (χ4v) is 3.59. The molecule has 0 aliphatic heterocycles. The Hall–Kier alpha value is -3.34. The summed E-state index contributed by atoms with van der Waals surface area (Å²) in [6, 6.07) is 9.11. The fourth-order valence-electron chi connectivity index (χ4n) is 3.59. The van der Waals surface area contributed by atoms with E-state index in [9.17, 15) is 36.2 Å². The predicted octanol–water partition coefficient (Wildman–Crippen LogP) is 4.92. The molecule has 2 N–H and O–H groups in total. The summed E-state index contributed by atoms with van der Waals surface area (Å²) in [5.74, 6) is -0.585. The largest absolute Gasteiger partial charge is 0.416 e. The van der Waals surface area contributed by atoms with Gasteiger partial charge in [-0.25, -0.2) is 4.68 Å². The van der Waals surface area contributed by atoms with E-state index in [1.54, 1.807) is 13.8 Å². The number of rotatable bonds is 6. The van der Waals surface area contributed by atoms with Crippen molar-refractivity contribution in [2.24, 2.45) is 0 Å². The lowest BCUT2D eigenvalue weighted by atomic mass is 10.0. The number of aromatic nitrogens is 2. The number of aliphatic hydroxyl groups excluding tert-OH is 1. The highest BCUT2D eigenvalue weighted by atomic mass is 19.4. The molecule has 3 aromatic rings. The normalized spacial score (nSPS) is 13.1. The molecule has 0 aliphatic rings. The Labute approximate surface area is 191 Å². The standard InChI is InChI=1S/C23H21F6N3O2/c1-13-18(14(2)32(31-13)16-7-5-6-15(10-16)22(24,25)26)11-21(34)30-12-20(33)17-8-3-4-9-19(17)23(27,28)29/h3-10,20,33H,11-12H2,1-2H3,(H,30,34). The number of carbonyl (C=O) groups is 1. The second-order valence-electron chi connectivity index (χ2n) is 7.69. The van der Waals surface area contributed by atoms with E-state index in [1.807, 2.05) is 0 Å². The van der Waals surface area contributed by atoms with Crippen LogP contribution in [-0.2, 0) is 23.6 Å². The van der Waals surface area contributed by atoms with E-state index >= 15 is 0 Å². The Kier molecular flexibility index (Phi) is 7.06. The Morgan fingerprint density at radius 3 is 2.35 bits per heavy atom. The number of alkyl halides is 6. The minimum absolute atomic E-state index is 0.168. The molecule has 11 heteroatoms. The summed E-state index contributed by atoms with van der Waals surface area (Å²) in [6.45, 7) is 2.73. The number of benzene rings is 2. The lowest BCUT2D eigenvalue weighted by molar-refractivity contribution is -0.139. The molecule has 0 saturated heterocycles. The van der Waals surface area contributed by atoms with E-state index < -0.39 is 42.0 Å². The van der Waals surface area contributed by atoms with Crippen molar-refractivity contribution in [2.45, 2.75) is 38.7 Å². The van der Waals surface area contributed by atoms with Gasteiger partial charge in [0.1, 0.15) is 0 Å². The number of carbonyl (C=O) groups excluding carboxylic acids is 1. The zero-order chi connectivity index (χ0) is 25.3. The average Bonchev–Trinajstić information content (AvgIpc) is 3.04. The summed E-state index contributed by atoms with van der Waals surface area (Å²) in [7, 11) is 0. The van der Waals surface area contributed by atoms with Crippen LogP contribution in [0, 0.1) is 13.8 Å². The third-order valence-corrected chi connectivity index (χ3v) is 5.31. The number of aliphatic hydroxyl groups is 1. The summed E-state index contributed by atoms with van der Waals surface area (Å²) in [5, 5.41) is 16.8. The summed E-state index contributed by atoms with van der Waals surface area (Å²) >= 11 is 0. The lowest BCUT2D eigenvalue weighted by Crippen LogP contribution is -2.30. The molecule has 0 spiro atoms. The second-order valence-corrected chi connectivity index (χ2v) is 7.69. The van der Waals surface area contributed by atoms with Crippen molar-refractivity contribution < 1.29 is 36.2 Å². The Morgan fingerprint density at radius 2 is 1.71 bits per heavy atom. The molecule has 0 bridgehead atoms. The van der Waals surface area contributed by atoms with Gasteiger partial charge < -0.3 is 10.4 Å². The number of halogens is 6. The maximum atomic E-state index is 13.1. The number of nitrogens with zero attached hydrogens (tertiary/aromatic N) is 2. The fraction of sp³-hybridized carbons (Fsp3) is 0.304. The van der Waals surface area contributed by atoms with Crippen LogP contribution < -0.4 is 5.32 Å². The van der Waals surface area contributed by atoms with Crippen molar-refractivity contribution in [3.05, 3.63) is 82.2 Å². The van der Waals surface area contributed by atoms with Gasteiger partial charge in [-0.2, -0.15) is 31.4 Å². The molecule has 0 fully saturated rings. The smallest absolute Gasteiger partial charge is 0.387 e. The van der Waals surface area contributed by atoms with Gasteiger partial charge in [-0.15, -0.1) is 0 Å². The van der Waals surface area contributed by atoms with Crippen molar-refractivity contribution in [2.75, 3.05) is 6.54 Å². The van der Waals surface area contributed by atoms with Crippen LogP contribution in [-0.4, -0.2) is 27.3 Å². The molecule has 0 aliphatic carbocycles. The zero-order valence-electron chi connectivity index (χ0n) is 18.1. The minimum Gasteiger partial charge on any atom is -0.387 e. The van der Waals surface area contributed by atoms with Crippen LogP contribution in [0.15, 0.2) is 48.5 Å². The van der Waals surface area contributed by atoms with Gasteiger partial charge >= 0.3 is 12.4 Å². The van der Waals surface area contributed by atoms with Gasteiger partial charge in [0.15, 0.2) is 0 Å². The van der Waals surface area contributed by atoms with Crippen molar-refractivity contribution in [3.8, 4) is 5.69 Å². The van der Waals surface area contributed by atoms with Gasteiger partial charge in [0.2, 0.25) is 5.91 Å². The van der Waals surface area contributed by atoms with Crippen molar-refractivity contribution in [1.82, 2.24) is 15.1 Å². The van der Waals surface area contributed by atoms with Crippen LogP contribution in [0.3, 0.4) is 0 Å². The number of nitrogens with one attached hydrogen (secondary N) is 1. The van der Waals surface area contributed by atoms with E-state index in [1.165, 1.54) is 28.9 Å². The van der Waals surface area contributed by atoms with Crippen molar-refractivity contribution >= 4 is 5.91 Å². The van der Waals surface area contributed by atoms with E-state index in [4.69, 9.17) is 0 Å². The third-order valence-electron chi connectivity index (χ3n) is 5.31. The van der Waals surface area contributed by atoms with Crippen LogP contribution in [0.25, 0.3) is 5.69 Å². The maximum Gasteiger partial charge on any atom is 0.416 e. The molecular formula is C23H21F6N3O2. The van der Waals surface area contributed by atoms with Gasteiger partial charge in [0.25, 0.3) is 0 Å². The first-order valence-corrected chi connectivity index (χ1v) is 10.1. The number of aryl methyl sites for hydroxylation is 1. The number of amides is 1. The SMILES string of the molecule is Cc1nn(-c2cccc(C(F)(F)F)c2)c(C)c1CC(=O)NCC(O)c1ccccc1C(F)(F)F. The first kappa shape index (κ1) is 25.3. The molecule has 1 heterocycles. The lowest BCUT2D eigenvalue weighted by Gasteiger charge is -2.18. The predicted molar refractivity (Wildman–Crippen MR) is 111 cm³/mol. The number of hydrogen-bond acceptors (Lipinski definition) is 3. The molecule has 182 valence electrons. The molecule has 34 heavy (non-hydrogen) atoms. The molecule has 0 saturated carbocycles. The monoisotopic (exact) mass is 485 g/mol. The molecule has 1 aromatic heterocycles. The van der Waals surface area contributed by atoms with Crippen LogP contribution in [0.2, 0.25) is 0 Å². The van der Waals surface area contributed by atoms with Gasteiger partial charge in [-0.05, 0) is 43.7 Å². The van der Waals surface area contributed by atoms with Crippen molar-refractivity contribution in [1.29, 1.82) is 0 Å². The van der Waals surface area contributed by atoms with Gasteiger partial charge in [0, 0.05) is 17.8 Å². The zero-order valence-corrected chi connectivity index (χ0v) is 18.1. The first-order chi connectivity index (χ1) is 15.8. The van der Waals surface area contributed by atoms with Gasteiger partial charge in [-0.3, -0.25) is 4.79 Å². The van der Waals surface area contributed by atoms with Gasteiger partial charge in [0.05, 0.1) is 35.0 Å². The Morgan fingerprint density at radius 1 is 1.03 bits per heavy atom. The third kappa shape index (κ3) is 5.58. The molecule has 1 unspecified atom stereocenters. The highest BCUT2D eigenvalue weighted by Gasteiger charge is 2.34. The molecular weight excluding hydrogens is 464 g/mol. The van der Waals surface area contributed by atoms with E-state index in [0.29, 0.717) is 17.0 Å². The quantitative estimate of drug-likeness (QED) is 0.488. The minimum atomic E-state index is -4.66. The number of hydrogen-bond donors (Lipinski definition) is 2. The molecule has 3 rings (SSSR count). The topological polar surface area (TPSA) is 67.2 Å². The molecule has 1 atom stereocenters. The molecule has 0 radical (unpaired) electrons. The van der Waals surface area contributed by atoms with E-state index in [0.717, 1.165) is 24.3 Å². The van der Waals surface area contributed by atoms with E-state index in [-0.39, 0.29) is 17.7 Å². The molecule has 5 nitrogen and oxygen atoms in total. The summed E-state index contributed by atoms with van der Waals surface area (Å²) in [5.41, 5.74) is -0.722. The summed E-state index contributed by atoms with van der Waals surface area (Å²) < 4.78 is 79.8. The maximum absolute atomic E-state index is 13.1. The van der Waals surface area contributed by atoms with Crippen LogP contribution in [0.5, 0.6) is 0 Å². The van der Waals surface area contributed by atoms with Crippen molar-refractivity contribution in [3.63, 3.8) is 0 Å². The highest BCUT2D eigenvalue weighted by Crippen LogP contribution is 2.34. The Bertz CT molecular complexity index is 1180.